The van der Waals surface area contributed by atoms with Crippen LogP contribution in [0.4, 0.5) is 0 Å². The Balaban J connectivity index is 2.08. The van der Waals surface area contributed by atoms with E-state index in [4.69, 9.17) is 9.84 Å². The van der Waals surface area contributed by atoms with E-state index in [-0.39, 0.29) is 0 Å². The van der Waals surface area contributed by atoms with E-state index in [1.807, 2.05) is 11.8 Å². The predicted octanol–water partition coefficient (Wildman–Crippen LogP) is 3.57. The largest absolute Gasteiger partial charge is 0.496 e. The number of carbonyl (C=O) groups is 1. The molecule has 1 saturated carbocycles. The van der Waals surface area contributed by atoms with E-state index in [0.29, 0.717) is 5.56 Å². The Morgan fingerprint density at radius 2 is 2.17 bits per heavy atom. The normalized spacial score (nSPS) is 15.8. The highest BCUT2D eigenvalue weighted by Crippen LogP contribution is 2.33. The SMILES string of the molecule is COc1ccc(C(=O)O)cc1CSC1CCCC1. The number of hydrogen-bond acceptors (Lipinski definition) is 3. The average molecular weight is 266 g/mol. The average Bonchev–Trinajstić information content (AvgIpc) is 2.89. The lowest BCUT2D eigenvalue weighted by Crippen LogP contribution is -2.01. The molecule has 0 saturated heterocycles. The summed E-state index contributed by atoms with van der Waals surface area (Å²) in [4.78, 5) is 11.0. The third kappa shape index (κ3) is 3.19. The molecular weight excluding hydrogens is 248 g/mol. The number of ether oxygens (including phenoxy) is 1. The lowest BCUT2D eigenvalue weighted by molar-refractivity contribution is 0.0696. The molecule has 98 valence electrons. The van der Waals surface area contributed by atoms with Crippen LogP contribution >= 0.6 is 11.8 Å². The second-order valence-corrected chi connectivity index (χ2v) is 5.84. The van der Waals surface area contributed by atoms with Crippen molar-refractivity contribution in [2.75, 3.05) is 7.11 Å². The Morgan fingerprint density at radius 1 is 1.44 bits per heavy atom. The van der Waals surface area contributed by atoms with E-state index >= 15 is 0 Å². The summed E-state index contributed by atoms with van der Waals surface area (Å²) >= 11 is 1.91. The number of rotatable bonds is 5. The number of carboxylic acids is 1. The van der Waals surface area contributed by atoms with Crippen LogP contribution in [-0.2, 0) is 5.75 Å². The molecule has 0 amide bonds. The van der Waals surface area contributed by atoms with Gasteiger partial charge in [-0.25, -0.2) is 4.79 Å². The third-order valence-electron chi connectivity index (χ3n) is 3.30. The number of methoxy groups -OCH3 is 1. The van der Waals surface area contributed by atoms with Crippen molar-refractivity contribution >= 4 is 17.7 Å². The maximum atomic E-state index is 11.0. The van der Waals surface area contributed by atoms with Crippen molar-refractivity contribution in [2.24, 2.45) is 0 Å². The molecule has 0 heterocycles. The highest BCUT2D eigenvalue weighted by atomic mass is 32.2. The van der Waals surface area contributed by atoms with Gasteiger partial charge in [-0.2, -0.15) is 11.8 Å². The van der Waals surface area contributed by atoms with Gasteiger partial charge in [0.2, 0.25) is 0 Å². The van der Waals surface area contributed by atoms with Gasteiger partial charge < -0.3 is 9.84 Å². The summed E-state index contributed by atoms with van der Waals surface area (Å²) < 4.78 is 5.29. The maximum Gasteiger partial charge on any atom is 0.335 e. The molecular formula is C14H18O3S. The fourth-order valence-corrected chi connectivity index (χ4v) is 3.59. The zero-order valence-electron chi connectivity index (χ0n) is 10.5. The summed E-state index contributed by atoms with van der Waals surface area (Å²) in [6, 6.07) is 5.06. The highest BCUT2D eigenvalue weighted by molar-refractivity contribution is 7.99. The van der Waals surface area contributed by atoms with Gasteiger partial charge in [0, 0.05) is 16.6 Å². The summed E-state index contributed by atoms with van der Waals surface area (Å²) in [7, 11) is 1.62. The quantitative estimate of drug-likeness (QED) is 0.885. The third-order valence-corrected chi connectivity index (χ3v) is 4.72. The number of carboxylic acid groups (broad SMARTS) is 1. The molecule has 2 rings (SSSR count). The Morgan fingerprint density at radius 3 is 2.78 bits per heavy atom. The van der Waals surface area contributed by atoms with Crippen LogP contribution < -0.4 is 4.74 Å². The predicted molar refractivity (Wildman–Crippen MR) is 73.5 cm³/mol. The molecule has 0 aromatic heterocycles. The molecule has 1 fully saturated rings. The minimum Gasteiger partial charge on any atom is -0.496 e. The minimum absolute atomic E-state index is 0.331. The molecule has 0 radical (unpaired) electrons. The highest BCUT2D eigenvalue weighted by Gasteiger charge is 2.16. The van der Waals surface area contributed by atoms with E-state index in [9.17, 15) is 4.79 Å². The standard InChI is InChI=1S/C14H18O3S/c1-17-13-7-6-10(14(15)16)8-11(13)9-18-12-4-2-3-5-12/h6-8,12H,2-5,9H2,1H3,(H,15,16). The Kier molecular flexibility index (Phi) is 4.53. The van der Waals surface area contributed by atoms with Gasteiger partial charge in [-0.15, -0.1) is 0 Å². The van der Waals surface area contributed by atoms with Crippen LogP contribution in [0.1, 0.15) is 41.6 Å². The topological polar surface area (TPSA) is 46.5 Å². The van der Waals surface area contributed by atoms with Crippen LogP contribution in [0.15, 0.2) is 18.2 Å². The molecule has 1 aromatic rings. The van der Waals surface area contributed by atoms with E-state index in [0.717, 1.165) is 22.3 Å². The molecule has 4 heteroatoms. The smallest absolute Gasteiger partial charge is 0.335 e. The molecule has 0 spiro atoms. The fraction of sp³-hybridized carbons (Fsp3) is 0.500. The number of hydrogen-bond donors (Lipinski definition) is 1. The van der Waals surface area contributed by atoms with E-state index in [2.05, 4.69) is 0 Å². The Hall–Kier alpha value is -1.16. The molecule has 18 heavy (non-hydrogen) atoms. The summed E-state index contributed by atoms with van der Waals surface area (Å²) in [5, 5.41) is 9.73. The molecule has 0 aliphatic heterocycles. The zero-order valence-corrected chi connectivity index (χ0v) is 11.3. The molecule has 3 nitrogen and oxygen atoms in total. The first-order chi connectivity index (χ1) is 8.70. The van der Waals surface area contributed by atoms with Crippen molar-refractivity contribution in [2.45, 2.75) is 36.7 Å². The van der Waals surface area contributed by atoms with Crippen molar-refractivity contribution in [3.8, 4) is 5.75 Å². The summed E-state index contributed by atoms with van der Waals surface area (Å²) in [5.41, 5.74) is 1.31. The molecule has 1 aliphatic carbocycles. The van der Waals surface area contributed by atoms with Gasteiger partial charge in [-0.05, 0) is 31.0 Å². The van der Waals surface area contributed by atoms with E-state index < -0.39 is 5.97 Å². The van der Waals surface area contributed by atoms with Crippen molar-refractivity contribution in [1.29, 1.82) is 0 Å². The van der Waals surface area contributed by atoms with Crippen LogP contribution in [0.25, 0.3) is 0 Å². The van der Waals surface area contributed by atoms with Gasteiger partial charge >= 0.3 is 5.97 Å². The van der Waals surface area contributed by atoms with Crippen LogP contribution in [0.5, 0.6) is 5.75 Å². The van der Waals surface area contributed by atoms with Gasteiger partial charge in [-0.1, -0.05) is 12.8 Å². The second kappa shape index (κ2) is 6.14. The van der Waals surface area contributed by atoms with Crippen LogP contribution in [0.2, 0.25) is 0 Å². The number of thioether (sulfide) groups is 1. The van der Waals surface area contributed by atoms with E-state index in [1.54, 1.807) is 25.3 Å². The van der Waals surface area contributed by atoms with Crippen LogP contribution in [0, 0.1) is 0 Å². The zero-order chi connectivity index (χ0) is 13.0. The van der Waals surface area contributed by atoms with Crippen molar-refractivity contribution in [1.82, 2.24) is 0 Å². The second-order valence-electron chi connectivity index (χ2n) is 4.55. The van der Waals surface area contributed by atoms with Gasteiger partial charge in [0.05, 0.1) is 12.7 Å². The molecule has 1 aliphatic rings. The summed E-state index contributed by atoms with van der Waals surface area (Å²) in [6.07, 6.45) is 5.21. The van der Waals surface area contributed by atoms with Gasteiger partial charge in [0.15, 0.2) is 0 Å². The van der Waals surface area contributed by atoms with Crippen molar-refractivity contribution in [3.05, 3.63) is 29.3 Å². The van der Waals surface area contributed by atoms with Gasteiger partial charge in [-0.3, -0.25) is 0 Å². The Labute approximate surface area is 112 Å². The van der Waals surface area contributed by atoms with Crippen LogP contribution in [-0.4, -0.2) is 23.4 Å². The lowest BCUT2D eigenvalue weighted by Gasteiger charge is -2.12. The van der Waals surface area contributed by atoms with E-state index in [1.165, 1.54) is 25.7 Å². The molecule has 0 atom stereocenters. The van der Waals surface area contributed by atoms with Gasteiger partial charge in [0.1, 0.15) is 5.75 Å². The summed E-state index contributed by atoms with van der Waals surface area (Å²) in [6.45, 7) is 0. The first kappa shape index (κ1) is 13.3. The van der Waals surface area contributed by atoms with Crippen molar-refractivity contribution in [3.63, 3.8) is 0 Å². The molecule has 1 aromatic carbocycles. The first-order valence-corrected chi connectivity index (χ1v) is 7.27. The lowest BCUT2D eigenvalue weighted by atomic mass is 10.1. The monoisotopic (exact) mass is 266 g/mol. The number of aromatic carboxylic acids is 1. The van der Waals surface area contributed by atoms with Gasteiger partial charge in [0.25, 0.3) is 0 Å². The first-order valence-electron chi connectivity index (χ1n) is 6.22. The summed E-state index contributed by atoms with van der Waals surface area (Å²) in [5.74, 6) is 0.727. The van der Waals surface area contributed by atoms with Crippen molar-refractivity contribution < 1.29 is 14.6 Å². The number of benzene rings is 1. The maximum absolute atomic E-state index is 11.0. The minimum atomic E-state index is -0.884. The van der Waals surface area contributed by atoms with Crippen LogP contribution in [0.3, 0.4) is 0 Å². The fourth-order valence-electron chi connectivity index (χ4n) is 2.29. The Bertz CT molecular complexity index is 425. The molecule has 0 bridgehead atoms. The molecule has 1 N–H and O–H groups in total. The molecule has 0 unspecified atom stereocenters.